The number of methoxy groups -OCH3 is 1. The molecule has 1 aromatic rings. The maximum Gasteiger partial charge on any atom is 0.238 e. The van der Waals surface area contributed by atoms with Crippen LogP contribution in [0, 0.1) is 0 Å². The predicted molar refractivity (Wildman–Crippen MR) is 86.2 cm³/mol. The van der Waals surface area contributed by atoms with Crippen molar-refractivity contribution in [2.45, 2.75) is 5.37 Å². The van der Waals surface area contributed by atoms with Crippen LogP contribution in [0.15, 0.2) is 24.3 Å². The van der Waals surface area contributed by atoms with Crippen LogP contribution < -0.4 is 9.47 Å². The monoisotopic (exact) mass is 345 g/mol. The van der Waals surface area contributed by atoms with Crippen LogP contribution in [0.5, 0.6) is 11.5 Å². The minimum atomic E-state index is -3.32. The van der Waals surface area contributed by atoms with Gasteiger partial charge in [-0.3, -0.25) is 4.79 Å². The molecule has 0 radical (unpaired) electrons. The van der Waals surface area contributed by atoms with Crippen LogP contribution in [0.4, 0.5) is 0 Å². The molecule has 1 atom stereocenters. The minimum Gasteiger partial charge on any atom is -0.493 e. The molecule has 122 valence electrons. The van der Waals surface area contributed by atoms with Gasteiger partial charge in [-0.1, -0.05) is 12.1 Å². The van der Waals surface area contributed by atoms with Crippen molar-refractivity contribution in [3.05, 3.63) is 24.3 Å². The Morgan fingerprint density at radius 2 is 2.05 bits per heavy atom. The van der Waals surface area contributed by atoms with Gasteiger partial charge in [0, 0.05) is 18.6 Å². The number of sulfone groups is 1. The fourth-order valence-electron chi connectivity index (χ4n) is 2.15. The Kier molecular flexibility index (Phi) is 5.57. The van der Waals surface area contributed by atoms with E-state index < -0.39 is 15.6 Å². The smallest absolute Gasteiger partial charge is 0.238 e. The largest absolute Gasteiger partial charge is 0.493 e. The molecule has 0 spiro atoms. The highest BCUT2D eigenvalue weighted by Crippen LogP contribution is 2.29. The summed E-state index contributed by atoms with van der Waals surface area (Å²) in [6, 6.07) is 7.27. The molecule has 0 N–H and O–H groups in total. The van der Waals surface area contributed by atoms with Crippen LogP contribution in [0.25, 0.3) is 0 Å². The topological polar surface area (TPSA) is 72.9 Å². The van der Waals surface area contributed by atoms with Crippen LogP contribution >= 0.6 is 11.8 Å². The summed E-state index contributed by atoms with van der Waals surface area (Å²) in [6.45, 7) is 0.833. The standard InChI is InChI=1S/C14H19NO5S2/c1-19-11-5-3-4-6-12(11)20-9-14-15(7-8-21-14)13(16)10-22(2,17)18/h3-6,14H,7-10H2,1-2H3/t14-/m1/s1. The average Bonchev–Trinajstić information content (AvgIpc) is 2.92. The first-order chi connectivity index (χ1) is 10.4. The summed E-state index contributed by atoms with van der Waals surface area (Å²) in [5.74, 6) is 1.17. The average molecular weight is 345 g/mol. The van der Waals surface area contributed by atoms with Crippen LogP contribution in [0.2, 0.25) is 0 Å². The molecule has 22 heavy (non-hydrogen) atoms. The van der Waals surface area contributed by atoms with E-state index in [9.17, 15) is 13.2 Å². The molecule has 1 aliphatic heterocycles. The van der Waals surface area contributed by atoms with E-state index in [1.165, 1.54) is 0 Å². The third-order valence-electron chi connectivity index (χ3n) is 3.15. The summed E-state index contributed by atoms with van der Waals surface area (Å²) in [6.07, 6.45) is 1.06. The first-order valence-corrected chi connectivity index (χ1v) is 9.86. The number of carbonyl (C=O) groups is 1. The molecule has 0 bridgehead atoms. The molecule has 2 rings (SSSR count). The highest BCUT2D eigenvalue weighted by atomic mass is 32.2. The van der Waals surface area contributed by atoms with Crippen molar-refractivity contribution in [2.24, 2.45) is 0 Å². The number of carbonyl (C=O) groups excluding carboxylic acids is 1. The molecular weight excluding hydrogens is 326 g/mol. The van der Waals surface area contributed by atoms with E-state index in [1.54, 1.807) is 35.9 Å². The third-order valence-corrected chi connectivity index (χ3v) is 5.11. The Hall–Kier alpha value is -1.41. The Bertz CT molecular complexity index is 632. The van der Waals surface area contributed by atoms with Crippen LogP contribution in [-0.4, -0.2) is 62.6 Å². The number of thioether (sulfide) groups is 1. The first kappa shape index (κ1) is 17.0. The molecule has 0 saturated carbocycles. The van der Waals surface area contributed by atoms with Crippen LogP contribution in [-0.2, 0) is 14.6 Å². The fraction of sp³-hybridized carbons (Fsp3) is 0.500. The summed E-state index contributed by atoms with van der Waals surface area (Å²) < 4.78 is 33.5. The Morgan fingerprint density at radius 1 is 1.36 bits per heavy atom. The van der Waals surface area contributed by atoms with Gasteiger partial charge in [-0.05, 0) is 12.1 Å². The summed E-state index contributed by atoms with van der Waals surface area (Å²) in [7, 11) is -1.76. The predicted octanol–water partition coefficient (Wildman–Crippen LogP) is 1.02. The van der Waals surface area contributed by atoms with E-state index in [4.69, 9.17) is 9.47 Å². The normalized spacial score (nSPS) is 18.3. The van der Waals surface area contributed by atoms with Crippen molar-refractivity contribution in [2.75, 3.05) is 38.0 Å². The van der Waals surface area contributed by atoms with Gasteiger partial charge in [0.15, 0.2) is 21.3 Å². The number of para-hydroxylation sites is 2. The second kappa shape index (κ2) is 7.23. The lowest BCUT2D eigenvalue weighted by molar-refractivity contribution is -0.128. The summed E-state index contributed by atoms with van der Waals surface area (Å²) >= 11 is 1.58. The SMILES string of the molecule is COc1ccccc1OC[C@H]1SCCN1C(=O)CS(C)(=O)=O. The molecule has 0 unspecified atom stereocenters. The molecule has 0 aliphatic carbocycles. The molecule has 1 heterocycles. The number of amides is 1. The molecule has 1 saturated heterocycles. The summed E-state index contributed by atoms with van der Waals surface area (Å²) in [4.78, 5) is 13.6. The molecular formula is C14H19NO5S2. The molecule has 1 aromatic carbocycles. The molecule has 1 fully saturated rings. The quantitative estimate of drug-likeness (QED) is 0.766. The number of rotatable bonds is 6. The zero-order chi connectivity index (χ0) is 16.2. The number of benzene rings is 1. The van der Waals surface area contributed by atoms with Gasteiger partial charge in [-0.25, -0.2) is 8.42 Å². The lowest BCUT2D eigenvalue weighted by Crippen LogP contribution is -2.41. The molecule has 0 aromatic heterocycles. The maximum absolute atomic E-state index is 12.1. The number of nitrogens with zero attached hydrogens (tertiary/aromatic N) is 1. The number of ether oxygens (including phenoxy) is 2. The second-order valence-corrected chi connectivity index (χ2v) is 8.37. The van der Waals surface area contributed by atoms with Crippen LogP contribution in [0.1, 0.15) is 0 Å². The van der Waals surface area contributed by atoms with E-state index in [-0.39, 0.29) is 11.3 Å². The van der Waals surface area contributed by atoms with Crippen molar-refractivity contribution in [3.8, 4) is 11.5 Å². The van der Waals surface area contributed by atoms with Gasteiger partial charge in [0.2, 0.25) is 5.91 Å². The highest BCUT2D eigenvalue weighted by molar-refractivity contribution is 8.00. The maximum atomic E-state index is 12.1. The zero-order valence-corrected chi connectivity index (χ0v) is 14.2. The van der Waals surface area contributed by atoms with Gasteiger partial charge in [-0.2, -0.15) is 0 Å². The highest BCUT2D eigenvalue weighted by Gasteiger charge is 2.31. The third kappa shape index (κ3) is 4.54. The lowest BCUT2D eigenvalue weighted by Gasteiger charge is -2.24. The summed E-state index contributed by atoms with van der Waals surface area (Å²) in [5, 5.41) is -0.181. The molecule has 1 amide bonds. The number of hydrogen-bond acceptors (Lipinski definition) is 6. The van der Waals surface area contributed by atoms with Crippen molar-refractivity contribution in [1.29, 1.82) is 0 Å². The van der Waals surface area contributed by atoms with Crippen molar-refractivity contribution < 1.29 is 22.7 Å². The van der Waals surface area contributed by atoms with E-state index in [1.807, 2.05) is 12.1 Å². The minimum absolute atomic E-state index is 0.181. The van der Waals surface area contributed by atoms with E-state index in [2.05, 4.69) is 0 Å². The van der Waals surface area contributed by atoms with Gasteiger partial charge in [0.25, 0.3) is 0 Å². The molecule has 6 nitrogen and oxygen atoms in total. The lowest BCUT2D eigenvalue weighted by atomic mass is 10.3. The Morgan fingerprint density at radius 3 is 2.68 bits per heavy atom. The van der Waals surface area contributed by atoms with E-state index in [0.717, 1.165) is 12.0 Å². The van der Waals surface area contributed by atoms with Gasteiger partial charge in [0.05, 0.1) is 7.11 Å². The van der Waals surface area contributed by atoms with Gasteiger partial charge in [-0.15, -0.1) is 11.8 Å². The van der Waals surface area contributed by atoms with Crippen molar-refractivity contribution >= 4 is 27.5 Å². The zero-order valence-electron chi connectivity index (χ0n) is 12.5. The fourth-order valence-corrected chi connectivity index (χ4v) is 3.91. The molecule has 8 heteroatoms. The summed E-state index contributed by atoms with van der Waals surface area (Å²) in [5.41, 5.74) is 0. The van der Waals surface area contributed by atoms with Gasteiger partial charge in [0.1, 0.15) is 17.7 Å². The number of hydrogen-bond donors (Lipinski definition) is 0. The molecule has 1 aliphatic rings. The van der Waals surface area contributed by atoms with E-state index >= 15 is 0 Å². The van der Waals surface area contributed by atoms with Crippen LogP contribution in [0.3, 0.4) is 0 Å². The van der Waals surface area contributed by atoms with Gasteiger partial charge >= 0.3 is 0 Å². The first-order valence-electron chi connectivity index (χ1n) is 6.75. The Labute approximate surface area is 134 Å². The van der Waals surface area contributed by atoms with Crippen molar-refractivity contribution in [3.63, 3.8) is 0 Å². The van der Waals surface area contributed by atoms with Gasteiger partial charge < -0.3 is 14.4 Å². The van der Waals surface area contributed by atoms with Crippen molar-refractivity contribution in [1.82, 2.24) is 4.90 Å². The second-order valence-electron chi connectivity index (χ2n) is 4.94. The van der Waals surface area contributed by atoms with E-state index in [0.29, 0.717) is 24.7 Å². The Balaban J connectivity index is 1.98.